The second kappa shape index (κ2) is 14.3. The zero-order valence-electron chi connectivity index (χ0n) is 28.1. The number of benzene rings is 3. The van der Waals surface area contributed by atoms with Gasteiger partial charge in [0.25, 0.3) is 10.0 Å². The summed E-state index contributed by atoms with van der Waals surface area (Å²) in [6, 6.07) is 20.4. The molecule has 2 unspecified atom stereocenters. The predicted molar refractivity (Wildman–Crippen MR) is 193 cm³/mol. The van der Waals surface area contributed by atoms with E-state index in [2.05, 4.69) is 5.10 Å². The number of thioether (sulfide) groups is 1. The highest BCUT2D eigenvalue weighted by Gasteiger charge is 2.46. The number of halogens is 2. The molecule has 1 aliphatic carbocycles. The van der Waals surface area contributed by atoms with Crippen LogP contribution in [0.1, 0.15) is 50.8 Å². The number of carbonyl (C=O) groups is 1. The highest BCUT2D eigenvalue weighted by molar-refractivity contribution is 8.02. The molecule has 0 aliphatic heterocycles. The molecule has 0 spiro atoms. The molecule has 0 saturated heterocycles. The minimum atomic E-state index is -4.17. The van der Waals surface area contributed by atoms with Crippen LogP contribution in [0.4, 0.5) is 8.78 Å². The highest BCUT2D eigenvalue weighted by Crippen LogP contribution is 2.41. The number of hydrogen-bond acceptors (Lipinski definition) is 7. The molecule has 0 fully saturated rings. The van der Waals surface area contributed by atoms with Crippen molar-refractivity contribution in [3.8, 4) is 22.8 Å². The molecular formula is C38H37F2N3O5S2. The third-order valence-electron chi connectivity index (χ3n) is 9.00. The first-order valence-electron chi connectivity index (χ1n) is 16.2. The summed E-state index contributed by atoms with van der Waals surface area (Å²) in [6.07, 6.45) is 8.70. The van der Waals surface area contributed by atoms with Gasteiger partial charge in [-0.3, -0.25) is 9.48 Å². The number of hydrogen-bond donors (Lipinski definition) is 0. The molecule has 2 aromatic heterocycles. The number of carbonyl (C=O) groups excluding carboxylic acids is 1. The molecule has 5 aromatic rings. The third kappa shape index (κ3) is 6.74. The van der Waals surface area contributed by atoms with E-state index < -0.39 is 26.4 Å². The molecule has 0 saturated carbocycles. The standard InChI is InChI=1S/C38H37F2N3O5S2/c1-5-47-37(44)14-9-26-7-6-8-27(21-26)25(2)43-35(16-19-41-43)32-23-30(10-12-33(32)39)48-29-11-13-34-28(22-29)17-20-42(34)50(45,46)38(3)18-15-31(49-4)24-36(38)40/h6-8,10-13,15-17,19-25H,5,9,14,18H2,1-4H3. The topological polar surface area (TPSA) is 92.4 Å². The number of esters is 1. The fourth-order valence-corrected chi connectivity index (χ4v) is 8.20. The van der Waals surface area contributed by atoms with Crippen LogP contribution in [0.15, 0.2) is 108 Å². The number of ether oxygens (including phenoxy) is 2. The van der Waals surface area contributed by atoms with E-state index in [9.17, 15) is 13.2 Å². The van der Waals surface area contributed by atoms with E-state index in [4.69, 9.17) is 9.47 Å². The van der Waals surface area contributed by atoms with E-state index in [1.807, 2.05) is 37.4 Å². The van der Waals surface area contributed by atoms with Crippen molar-refractivity contribution in [1.82, 2.24) is 13.8 Å². The normalized spacial score (nSPS) is 16.9. The number of rotatable bonds is 12. The fraction of sp³-hybridized carbons (Fsp3) is 0.263. The van der Waals surface area contributed by atoms with Gasteiger partial charge in [0.15, 0.2) is 0 Å². The third-order valence-corrected chi connectivity index (χ3v) is 12.1. The van der Waals surface area contributed by atoms with Gasteiger partial charge in [-0.05, 0) is 106 Å². The first-order valence-corrected chi connectivity index (χ1v) is 18.9. The average molecular weight is 718 g/mol. The van der Waals surface area contributed by atoms with Crippen LogP contribution in [0.2, 0.25) is 0 Å². The quantitative estimate of drug-likeness (QED) is 0.119. The summed E-state index contributed by atoms with van der Waals surface area (Å²) in [5, 5.41) is 5.09. The molecule has 2 atom stereocenters. The summed E-state index contributed by atoms with van der Waals surface area (Å²) in [5.41, 5.74) is 3.15. The minimum absolute atomic E-state index is 0.0167. The Labute approximate surface area is 294 Å². The summed E-state index contributed by atoms with van der Waals surface area (Å²) in [6.45, 7) is 5.49. The smallest absolute Gasteiger partial charge is 0.306 e. The van der Waals surface area contributed by atoms with Crippen molar-refractivity contribution < 1.29 is 31.5 Å². The Morgan fingerprint density at radius 2 is 1.84 bits per heavy atom. The molecule has 260 valence electrons. The van der Waals surface area contributed by atoms with Crippen molar-refractivity contribution in [2.24, 2.45) is 0 Å². The van der Waals surface area contributed by atoms with Crippen LogP contribution < -0.4 is 4.74 Å². The van der Waals surface area contributed by atoms with Gasteiger partial charge < -0.3 is 9.47 Å². The first kappa shape index (κ1) is 35.2. The molecule has 3 aromatic carbocycles. The fourth-order valence-electron chi connectivity index (χ4n) is 6.05. The van der Waals surface area contributed by atoms with Gasteiger partial charge >= 0.3 is 5.97 Å². The van der Waals surface area contributed by atoms with Crippen molar-refractivity contribution in [1.29, 1.82) is 0 Å². The lowest BCUT2D eigenvalue weighted by Crippen LogP contribution is -2.40. The Kier molecular flexibility index (Phi) is 10.0. The summed E-state index contributed by atoms with van der Waals surface area (Å²) in [4.78, 5) is 12.6. The largest absolute Gasteiger partial charge is 0.466 e. The molecule has 1 aliphatic rings. The van der Waals surface area contributed by atoms with Crippen molar-refractivity contribution in [3.05, 3.63) is 125 Å². The second-order valence-electron chi connectivity index (χ2n) is 12.2. The summed E-state index contributed by atoms with van der Waals surface area (Å²) < 4.78 is 70.4. The van der Waals surface area contributed by atoms with Crippen LogP contribution in [-0.4, -0.2) is 45.7 Å². The number of allylic oxidation sites excluding steroid dienone is 2. The highest BCUT2D eigenvalue weighted by atomic mass is 32.2. The van der Waals surface area contributed by atoms with Crippen LogP contribution in [-0.2, 0) is 26.0 Å². The van der Waals surface area contributed by atoms with Crippen LogP contribution in [0.5, 0.6) is 11.5 Å². The van der Waals surface area contributed by atoms with Gasteiger partial charge in [-0.25, -0.2) is 21.2 Å². The maximum atomic E-state index is 15.4. The Balaban J connectivity index is 1.23. The van der Waals surface area contributed by atoms with Gasteiger partial charge in [-0.1, -0.05) is 30.3 Å². The van der Waals surface area contributed by atoms with Crippen molar-refractivity contribution >= 4 is 38.7 Å². The zero-order chi connectivity index (χ0) is 35.6. The van der Waals surface area contributed by atoms with Gasteiger partial charge in [-0.2, -0.15) is 5.10 Å². The van der Waals surface area contributed by atoms with E-state index in [-0.39, 0.29) is 30.4 Å². The van der Waals surface area contributed by atoms with E-state index in [0.29, 0.717) is 46.0 Å². The molecule has 8 nitrogen and oxygen atoms in total. The minimum Gasteiger partial charge on any atom is -0.466 e. The van der Waals surface area contributed by atoms with E-state index in [1.54, 1.807) is 60.3 Å². The molecule has 0 bridgehead atoms. The predicted octanol–water partition coefficient (Wildman–Crippen LogP) is 8.98. The van der Waals surface area contributed by atoms with Gasteiger partial charge in [0, 0.05) is 34.7 Å². The van der Waals surface area contributed by atoms with Crippen molar-refractivity contribution in [2.45, 2.75) is 50.8 Å². The molecule has 0 radical (unpaired) electrons. The molecule has 12 heteroatoms. The lowest BCUT2D eigenvalue weighted by molar-refractivity contribution is -0.143. The van der Waals surface area contributed by atoms with Gasteiger partial charge in [0.2, 0.25) is 0 Å². The van der Waals surface area contributed by atoms with Crippen molar-refractivity contribution in [2.75, 3.05) is 12.9 Å². The monoisotopic (exact) mass is 717 g/mol. The molecule has 2 heterocycles. The van der Waals surface area contributed by atoms with E-state index in [1.165, 1.54) is 43.1 Å². The van der Waals surface area contributed by atoms with Crippen molar-refractivity contribution in [3.63, 3.8) is 0 Å². The summed E-state index contributed by atoms with van der Waals surface area (Å²) in [7, 11) is -4.17. The first-order chi connectivity index (χ1) is 23.9. The van der Waals surface area contributed by atoms with Gasteiger partial charge in [0.1, 0.15) is 27.9 Å². The average Bonchev–Trinajstić information content (AvgIpc) is 3.77. The summed E-state index contributed by atoms with van der Waals surface area (Å²) in [5.74, 6) is -0.621. The molecular weight excluding hydrogens is 681 g/mol. The molecule has 0 N–H and O–H groups in total. The Hall–Kier alpha value is -4.68. The van der Waals surface area contributed by atoms with E-state index >= 15 is 8.78 Å². The van der Waals surface area contributed by atoms with Crippen LogP contribution in [0.3, 0.4) is 0 Å². The Bertz CT molecular complexity index is 2240. The van der Waals surface area contributed by atoms with Gasteiger partial charge in [-0.15, -0.1) is 11.8 Å². The number of fused-ring (bicyclic) bond motifs is 1. The van der Waals surface area contributed by atoms with Crippen LogP contribution >= 0.6 is 11.8 Å². The van der Waals surface area contributed by atoms with E-state index in [0.717, 1.165) is 15.1 Å². The number of nitrogens with zero attached hydrogens (tertiary/aromatic N) is 3. The lowest BCUT2D eigenvalue weighted by atomic mass is 10.0. The SMILES string of the molecule is CCOC(=O)CCc1cccc(C(C)n2nccc2-c2cc(Oc3ccc4c(ccn4S(=O)(=O)C4(C)CC=C(SC)C=C4F)c3)ccc2F)c1. The zero-order valence-corrected chi connectivity index (χ0v) is 29.7. The maximum Gasteiger partial charge on any atom is 0.306 e. The molecule has 6 rings (SSSR count). The van der Waals surface area contributed by atoms with Crippen LogP contribution in [0.25, 0.3) is 22.2 Å². The number of aryl methyl sites for hydroxylation is 1. The molecule has 50 heavy (non-hydrogen) atoms. The summed E-state index contributed by atoms with van der Waals surface area (Å²) >= 11 is 1.36. The van der Waals surface area contributed by atoms with Crippen LogP contribution in [0, 0.1) is 5.82 Å². The van der Waals surface area contributed by atoms with Gasteiger partial charge in [0.05, 0.1) is 23.9 Å². The Morgan fingerprint density at radius 1 is 1.06 bits per heavy atom. The molecule has 0 amide bonds. The lowest BCUT2D eigenvalue weighted by Gasteiger charge is -2.30. The number of aromatic nitrogens is 3. The second-order valence-corrected chi connectivity index (χ2v) is 15.3. The Morgan fingerprint density at radius 3 is 2.60 bits per heavy atom. The maximum absolute atomic E-state index is 15.4.